The molecular weight excluding hydrogens is 426 g/mol. The number of rotatable bonds is 6. The Kier molecular flexibility index (Phi) is 7.35. The predicted molar refractivity (Wildman–Crippen MR) is 113 cm³/mol. The number of carbonyl (C=O) groups excluding carboxylic acids is 1. The molecule has 1 fully saturated rings. The fourth-order valence-corrected chi connectivity index (χ4v) is 3.80. The Labute approximate surface area is 184 Å². The highest BCUT2D eigenvalue weighted by atomic mass is 35.5. The molecule has 2 aromatic carbocycles. The first-order valence-corrected chi connectivity index (χ1v) is 9.89. The minimum Gasteiger partial charge on any atom is -0.337 e. The first-order chi connectivity index (χ1) is 14.5. The predicted octanol–water partition coefficient (Wildman–Crippen LogP) is 4.06. The molecule has 0 radical (unpaired) electrons. The normalized spacial score (nSPS) is 16.7. The van der Waals surface area contributed by atoms with Gasteiger partial charge in [-0.05, 0) is 43.0 Å². The Morgan fingerprint density at radius 3 is 2.81 bits per heavy atom. The van der Waals surface area contributed by atoms with Gasteiger partial charge in [0.1, 0.15) is 17.7 Å². The van der Waals surface area contributed by atoms with Crippen molar-refractivity contribution < 1.29 is 18.1 Å². The maximum atomic E-state index is 13.8. The van der Waals surface area contributed by atoms with Crippen molar-refractivity contribution in [3.63, 3.8) is 0 Å². The van der Waals surface area contributed by atoms with E-state index in [1.807, 2.05) is 0 Å². The number of amides is 1. The lowest BCUT2D eigenvalue weighted by Crippen LogP contribution is -2.36. The van der Waals surface area contributed by atoms with E-state index in [0.29, 0.717) is 30.0 Å². The molecule has 3 aromatic rings. The number of halogens is 3. The van der Waals surface area contributed by atoms with Crippen LogP contribution in [0.5, 0.6) is 0 Å². The molecule has 4 rings (SSSR count). The third-order valence-corrected chi connectivity index (χ3v) is 5.26. The van der Waals surface area contributed by atoms with Crippen LogP contribution in [0.3, 0.4) is 0 Å². The standard InChI is InChI=1S/C22H22F2N4O2.ClH/c23-16-7-3-6-15(11-16)21-26-22(30-27-21)19-9-4-10-28(19)20(29)13-17(25)12-14-5-1-2-8-18(14)24;/h1-3,5-8,11,17,19H,4,9-10,12-13,25H2;1H/t17-,19-;/m1./s1. The molecule has 1 aromatic heterocycles. The summed E-state index contributed by atoms with van der Waals surface area (Å²) in [5.74, 6) is -0.245. The van der Waals surface area contributed by atoms with E-state index in [-0.39, 0.29) is 54.7 Å². The van der Waals surface area contributed by atoms with Gasteiger partial charge < -0.3 is 15.2 Å². The van der Waals surface area contributed by atoms with E-state index in [9.17, 15) is 13.6 Å². The molecule has 2 N–H and O–H groups in total. The number of hydrogen-bond acceptors (Lipinski definition) is 5. The van der Waals surface area contributed by atoms with E-state index in [0.717, 1.165) is 6.42 Å². The number of aromatic nitrogens is 2. The Morgan fingerprint density at radius 2 is 2.03 bits per heavy atom. The highest BCUT2D eigenvalue weighted by Crippen LogP contribution is 2.32. The molecule has 6 nitrogen and oxygen atoms in total. The average molecular weight is 449 g/mol. The van der Waals surface area contributed by atoms with Crippen LogP contribution in [0.25, 0.3) is 11.4 Å². The summed E-state index contributed by atoms with van der Waals surface area (Å²) in [6.07, 6.45) is 1.87. The molecule has 9 heteroatoms. The second-order valence-corrected chi connectivity index (χ2v) is 7.47. The highest BCUT2D eigenvalue weighted by molar-refractivity contribution is 5.85. The van der Waals surface area contributed by atoms with Crippen molar-refractivity contribution in [1.29, 1.82) is 0 Å². The maximum Gasteiger partial charge on any atom is 0.249 e. The number of carbonyl (C=O) groups is 1. The van der Waals surface area contributed by atoms with Gasteiger partial charge in [0.05, 0.1) is 0 Å². The summed E-state index contributed by atoms with van der Waals surface area (Å²) in [5.41, 5.74) is 7.12. The van der Waals surface area contributed by atoms with Gasteiger partial charge in [0, 0.05) is 24.6 Å². The summed E-state index contributed by atoms with van der Waals surface area (Å²) in [7, 11) is 0. The van der Waals surface area contributed by atoms with Gasteiger partial charge >= 0.3 is 0 Å². The summed E-state index contributed by atoms with van der Waals surface area (Å²) in [5, 5.41) is 3.94. The average Bonchev–Trinajstić information content (AvgIpc) is 3.39. The zero-order valence-corrected chi connectivity index (χ0v) is 17.5. The first-order valence-electron chi connectivity index (χ1n) is 9.89. The van der Waals surface area contributed by atoms with Gasteiger partial charge in [-0.1, -0.05) is 35.5 Å². The third-order valence-electron chi connectivity index (χ3n) is 5.26. The van der Waals surface area contributed by atoms with E-state index in [2.05, 4.69) is 10.1 Å². The van der Waals surface area contributed by atoms with E-state index in [4.69, 9.17) is 10.3 Å². The highest BCUT2D eigenvalue weighted by Gasteiger charge is 2.34. The van der Waals surface area contributed by atoms with Gasteiger partial charge in [-0.3, -0.25) is 4.79 Å². The summed E-state index contributed by atoms with van der Waals surface area (Å²) in [6.45, 7) is 0.563. The number of benzene rings is 2. The molecule has 31 heavy (non-hydrogen) atoms. The van der Waals surface area contributed by atoms with E-state index in [1.165, 1.54) is 18.2 Å². The molecule has 0 aliphatic carbocycles. The summed E-state index contributed by atoms with van der Waals surface area (Å²) < 4.78 is 32.7. The van der Waals surface area contributed by atoms with Crippen molar-refractivity contribution in [2.24, 2.45) is 5.73 Å². The second kappa shape index (κ2) is 9.98. The smallest absolute Gasteiger partial charge is 0.249 e. The topological polar surface area (TPSA) is 85.3 Å². The van der Waals surface area contributed by atoms with Crippen molar-refractivity contribution in [3.05, 3.63) is 71.6 Å². The molecule has 1 aliphatic heterocycles. The molecule has 1 aliphatic rings. The van der Waals surface area contributed by atoms with Crippen LogP contribution in [0.2, 0.25) is 0 Å². The van der Waals surface area contributed by atoms with Crippen molar-refractivity contribution in [2.75, 3.05) is 6.54 Å². The molecule has 0 saturated carbocycles. The Hall–Kier alpha value is -2.84. The molecule has 2 atom stereocenters. The van der Waals surface area contributed by atoms with Crippen LogP contribution in [0.4, 0.5) is 8.78 Å². The quantitative estimate of drug-likeness (QED) is 0.614. The molecule has 1 amide bonds. The lowest BCUT2D eigenvalue weighted by Gasteiger charge is -2.23. The number of hydrogen-bond donors (Lipinski definition) is 1. The van der Waals surface area contributed by atoms with Crippen molar-refractivity contribution in [2.45, 2.75) is 37.8 Å². The van der Waals surface area contributed by atoms with E-state index in [1.54, 1.807) is 35.2 Å². The number of nitrogens with zero attached hydrogens (tertiary/aromatic N) is 3. The molecular formula is C22H23ClF2N4O2. The maximum absolute atomic E-state index is 13.8. The van der Waals surface area contributed by atoms with Crippen LogP contribution >= 0.6 is 12.4 Å². The number of likely N-dealkylation sites (tertiary alicyclic amines) is 1. The minimum absolute atomic E-state index is 0. The SMILES string of the molecule is Cl.N[C@@H](CC(=O)N1CCC[C@@H]1c1nc(-c2cccc(F)c2)no1)Cc1ccccc1F. The van der Waals surface area contributed by atoms with Crippen LogP contribution in [-0.4, -0.2) is 33.5 Å². The van der Waals surface area contributed by atoms with Crippen LogP contribution in [0.1, 0.15) is 36.8 Å². The minimum atomic E-state index is -0.499. The molecule has 0 spiro atoms. The second-order valence-electron chi connectivity index (χ2n) is 7.47. The fourth-order valence-electron chi connectivity index (χ4n) is 3.80. The fraction of sp³-hybridized carbons (Fsp3) is 0.318. The Balaban J connectivity index is 0.00000272. The van der Waals surface area contributed by atoms with Gasteiger partial charge in [-0.15, -0.1) is 12.4 Å². The third kappa shape index (κ3) is 5.26. The van der Waals surface area contributed by atoms with Gasteiger partial charge in [-0.25, -0.2) is 8.78 Å². The van der Waals surface area contributed by atoms with Crippen LogP contribution in [0.15, 0.2) is 53.1 Å². The molecule has 0 bridgehead atoms. The van der Waals surface area contributed by atoms with Crippen molar-refractivity contribution >= 4 is 18.3 Å². The van der Waals surface area contributed by atoms with Gasteiger partial charge in [0.25, 0.3) is 0 Å². The zero-order chi connectivity index (χ0) is 21.1. The monoisotopic (exact) mass is 448 g/mol. The van der Waals surface area contributed by atoms with E-state index >= 15 is 0 Å². The Morgan fingerprint density at radius 1 is 1.23 bits per heavy atom. The lowest BCUT2D eigenvalue weighted by molar-refractivity contribution is -0.132. The van der Waals surface area contributed by atoms with Crippen molar-refractivity contribution in [3.8, 4) is 11.4 Å². The summed E-state index contributed by atoms with van der Waals surface area (Å²) in [4.78, 5) is 18.9. The molecule has 1 saturated heterocycles. The first kappa shape index (κ1) is 22.8. The van der Waals surface area contributed by atoms with Gasteiger partial charge in [0.2, 0.25) is 17.6 Å². The molecule has 0 unspecified atom stereocenters. The largest absolute Gasteiger partial charge is 0.337 e. The summed E-state index contributed by atoms with van der Waals surface area (Å²) in [6, 6.07) is 11.5. The van der Waals surface area contributed by atoms with Gasteiger partial charge in [-0.2, -0.15) is 4.98 Å². The Bertz CT molecular complexity index is 1050. The van der Waals surface area contributed by atoms with Crippen LogP contribution in [-0.2, 0) is 11.2 Å². The number of nitrogens with two attached hydrogens (primary N) is 1. The zero-order valence-electron chi connectivity index (χ0n) is 16.7. The lowest BCUT2D eigenvalue weighted by atomic mass is 10.0. The van der Waals surface area contributed by atoms with Gasteiger partial charge in [0.15, 0.2) is 0 Å². The molecule has 164 valence electrons. The van der Waals surface area contributed by atoms with Crippen LogP contribution < -0.4 is 5.73 Å². The summed E-state index contributed by atoms with van der Waals surface area (Å²) >= 11 is 0. The molecule has 2 heterocycles. The van der Waals surface area contributed by atoms with Crippen molar-refractivity contribution in [1.82, 2.24) is 15.0 Å². The van der Waals surface area contributed by atoms with Crippen LogP contribution in [0, 0.1) is 11.6 Å². The van der Waals surface area contributed by atoms with E-state index < -0.39 is 6.04 Å².